The Balaban J connectivity index is 1.69. The molecule has 1 heterocycles. The summed E-state index contributed by atoms with van der Waals surface area (Å²) in [4.78, 5) is 12.2. The van der Waals surface area contributed by atoms with E-state index < -0.39 is 0 Å². The maximum atomic E-state index is 13.7. The van der Waals surface area contributed by atoms with E-state index in [1.54, 1.807) is 42.5 Å². The van der Waals surface area contributed by atoms with Gasteiger partial charge in [-0.25, -0.2) is 4.39 Å². The maximum Gasteiger partial charge on any atom is 0.257 e. The first-order chi connectivity index (χ1) is 11.7. The van der Waals surface area contributed by atoms with E-state index in [4.69, 9.17) is 4.74 Å². The van der Waals surface area contributed by atoms with Crippen molar-refractivity contribution < 1.29 is 13.9 Å². The Hall–Kier alpha value is -2.80. The number of carbonyl (C=O) groups is 1. The summed E-state index contributed by atoms with van der Waals surface area (Å²) in [7, 11) is 1.54. The molecule has 0 aliphatic rings. The quantitative estimate of drug-likeness (QED) is 0.770. The number of carbonyl (C=O) groups excluding carboxylic acids is 1. The molecule has 0 fully saturated rings. The van der Waals surface area contributed by atoms with Gasteiger partial charge >= 0.3 is 0 Å². The zero-order valence-corrected chi connectivity index (χ0v) is 13.6. The van der Waals surface area contributed by atoms with Crippen LogP contribution in [0, 0.1) is 5.82 Å². The highest BCUT2D eigenvalue weighted by molar-refractivity contribution is 7.15. The van der Waals surface area contributed by atoms with E-state index in [2.05, 4.69) is 15.5 Å². The van der Waals surface area contributed by atoms with Crippen LogP contribution < -0.4 is 10.1 Å². The van der Waals surface area contributed by atoms with E-state index in [0.717, 1.165) is 0 Å². The normalized spacial score (nSPS) is 10.4. The Morgan fingerprint density at radius 1 is 1.21 bits per heavy atom. The highest BCUT2D eigenvalue weighted by Gasteiger charge is 2.12. The van der Waals surface area contributed by atoms with Crippen LogP contribution >= 0.6 is 11.3 Å². The zero-order chi connectivity index (χ0) is 16.9. The average Bonchev–Trinajstić information content (AvgIpc) is 3.04. The third-order valence-electron chi connectivity index (χ3n) is 3.32. The molecule has 1 aromatic heterocycles. The van der Waals surface area contributed by atoms with E-state index in [9.17, 15) is 9.18 Å². The second kappa shape index (κ2) is 7.18. The van der Waals surface area contributed by atoms with Crippen molar-refractivity contribution in [3.05, 3.63) is 70.5 Å². The molecule has 0 aliphatic carbocycles. The molecule has 0 unspecified atom stereocenters. The molecule has 0 radical (unpaired) electrons. The third kappa shape index (κ3) is 3.75. The van der Waals surface area contributed by atoms with Crippen molar-refractivity contribution in [1.82, 2.24) is 10.2 Å². The highest BCUT2D eigenvalue weighted by Crippen LogP contribution is 2.21. The molecule has 0 aliphatic heterocycles. The molecular weight excluding hydrogens is 329 g/mol. The number of ether oxygens (including phenoxy) is 1. The van der Waals surface area contributed by atoms with Crippen LogP contribution in [0.25, 0.3) is 0 Å². The SMILES string of the molecule is COc1cccc(C(=O)Nc2nnc(Cc3ccccc3F)s2)c1. The number of amides is 1. The summed E-state index contributed by atoms with van der Waals surface area (Å²) in [6.07, 6.45) is 0.333. The van der Waals surface area contributed by atoms with Crippen LogP contribution in [0.5, 0.6) is 5.75 Å². The number of aromatic nitrogens is 2. The number of rotatable bonds is 5. The first-order valence-electron chi connectivity index (χ1n) is 7.17. The van der Waals surface area contributed by atoms with Crippen molar-refractivity contribution in [1.29, 1.82) is 0 Å². The van der Waals surface area contributed by atoms with Crippen LogP contribution in [0.4, 0.5) is 9.52 Å². The summed E-state index contributed by atoms with van der Waals surface area (Å²) in [5, 5.41) is 11.6. The molecule has 1 N–H and O–H groups in total. The van der Waals surface area contributed by atoms with Crippen LogP contribution in [0.3, 0.4) is 0 Å². The molecule has 7 heteroatoms. The lowest BCUT2D eigenvalue weighted by Gasteiger charge is -2.03. The van der Waals surface area contributed by atoms with Crippen molar-refractivity contribution in [3.63, 3.8) is 0 Å². The van der Waals surface area contributed by atoms with Crippen LogP contribution in [0.15, 0.2) is 48.5 Å². The first-order valence-corrected chi connectivity index (χ1v) is 7.98. The molecule has 3 aromatic rings. The lowest BCUT2D eigenvalue weighted by Crippen LogP contribution is -2.11. The van der Waals surface area contributed by atoms with Crippen LogP contribution in [0.2, 0.25) is 0 Å². The van der Waals surface area contributed by atoms with Gasteiger partial charge in [-0.05, 0) is 29.8 Å². The second-order valence-electron chi connectivity index (χ2n) is 4.96. The summed E-state index contributed by atoms with van der Waals surface area (Å²) in [6, 6.07) is 13.3. The molecule has 0 saturated carbocycles. The Labute approximate surface area is 142 Å². The largest absolute Gasteiger partial charge is 0.497 e. The zero-order valence-electron chi connectivity index (χ0n) is 12.8. The van der Waals surface area contributed by atoms with Gasteiger partial charge in [0.1, 0.15) is 16.6 Å². The maximum absolute atomic E-state index is 13.7. The van der Waals surface area contributed by atoms with Gasteiger partial charge in [0.25, 0.3) is 5.91 Å². The fraction of sp³-hybridized carbons (Fsp3) is 0.118. The molecule has 0 spiro atoms. The number of nitrogens with one attached hydrogen (secondary N) is 1. The monoisotopic (exact) mass is 343 g/mol. The van der Waals surface area contributed by atoms with Gasteiger partial charge in [0.15, 0.2) is 0 Å². The van der Waals surface area contributed by atoms with E-state index in [0.29, 0.717) is 33.4 Å². The number of nitrogens with zero attached hydrogens (tertiary/aromatic N) is 2. The van der Waals surface area contributed by atoms with Crippen molar-refractivity contribution in [3.8, 4) is 5.75 Å². The van der Waals surface area contributed by atoms with E-state index in [1.165, 1.54) is 24.5 Å². The first kappa shape index (κ1) is 16.1. The summed E-state index contributed by atoms with van der Waals surface area (Å²) in [5.41, 5.74) is 1.000. The number of hydrogen-bond acceptors (Lipinski definition) is 5. The number of hydrogen-bond donors (Lipinski definition) is 1. The van der Waals surface area contributed by atoms with Gasteiger partial charge in [0.05, 0.1) is 7.11 Å². The number of benzene rings is 2. The molecule has 0 saturated heterocycles. The Morgan fingerprint density at radius 3 is 2.83 bits per heavy atom. The summed E-state index contributed by atoms with van der Waals surface area (Å²) < 4.78 is 18.8. The second-order valence-corrected chi connectivity index (χ2v) is 6.02. The smallest absolute Gasteiger partial charge is 0.257 e. The molecule has 0 atom stereocenters. The predicted molar refractivity (Wildman–Crippen MR) is 90.1 cm³/mol. The number of methoxy groups -OCH3 is 1. The van der Waals surface area contributed by atoms with Gasteiger partial charge in [-0.1, -0.05) is 35.6 Å². The van der Waals surface area contributed by atoms with E-state index in [-0.39, 0.29) is 11.7 Å². The van der Waals surface area contributed by atoms with Gasteiger partial charge in [-0.3, -0.25) is 10.1 Å². The van der Waals surface area contributed by atoms with Crippen molar-refractivity contribution in [2.75, 3.05) is 12.4 Å². The molecule has 24 heavy (non-hydrogen) atoms. The van der Waals surface area contributed by atoms with Crippen LogP contribution in [-0.2, 0) is 6.42 Å². The van der Waals surface area contributed by atoms with E-state index >= 15 is 0 Å². The van der Waals surface area contributed by atoms with E-state index in [1.807, 2.05) is 0 Å². The Bertz CT molecular complexity index is 866. The summed E-state index contributed by atoms with van der Waals surface area (Å²) in [6.45, 7) is 0. The highest BCUT2D eigenvalue weighted by atomic mass is 32.1. The molecule has 2 aromatic carbocycles. The number of anilines is 1. The van der Waals surface area contributed by atoms with Crippen molar-refractivity contribution in [2.45, 2.75) is 6.42 Å². The van der Waals surface area contributed by atoms with Crippen molar-refractivity contribution >= 4 is 22.4 Å². The lowest BCUT2D eigenvalue weighted by molar-refractivity contribution is 0.102. The minimum atomic E-state index is -0.303. The van der Waals surface area contributed by atoms with Gasteiger partial charge in [-0.15, -0.1) is 10.2 Å². The number of halogens is 1. The van der Waals surface area contributed by atoms with Gasteiger partial charge < -0.3 is 4.74 Å². The molecule has 0 bridgehead atoms. The average molecular weight is 343 g/mol. The van der Waals surface area contributed by atoms with Crippen LogP contribution in [0.1, 0.15) is 20.9 Å². The molecular formula is C17H14FN3O2S. The molecule has 1 amide bonds. The minimum Gasteiger partial charge on any atom is -0.497 e. The fourth-order valence-electron chi connectivity index (χ4n) is 2.11. The van der Waals surface area contributed by atoms with Gasteiger partial charge in [0, 0.05) is 12.0 Å². The minimum absolute atomic E-state index is 0.283. The standard InChI is InChI=1S/C17H14FN3O2S/c1-23-13-7-4-6-12(9-13)16(22)19-17-21-20-15(24-17)10-11-5-2-3-8-14(11)18/h2-9H,10H2,1H3,(H,19,21,22). The van der Waals surface area contributed by atoms with Crippen molar-refractivity contribution in [2.24, 2.45) is 0 Å². The predicted octanol–water partition coefficient (Wildman–Crippen LogP) is 3.53. The van der Waals surface area contributed by atoms with Gasteiger partial charge in [-0.2, -0.15) is 0 Å². The molecule has 3 rings (SSSR count). The molecule has 5 nitrogen and oxygen atoms in total. The molecule has 122 valence electrons. The third-order valence-corrected chi connectivity index (χ3v) is 4.16. The van der Waals surface area contributed by atoms with Gasteiger partial charge in [0.2, 0.25) is 5.13 Å². The topological polar surface area (TPSA) is 64.1 Å². The fourth-order valence-corrected chi connectivity index (χ4v) is 2.87. The Kier molecular flexibility index (Phi) is 4.81. The lowest BCUT2D eigenvalue weighted by atomic mass is 10.1. The Morgan fingerprint density at radius 2 is 2.04 bits per heavy atom. The summed E-state index contributed by atoms with van der Waals surface area (Å²) >= 11 is 1.22. The summed E-state index contributed by atoms with van der Waals surface area (Å²) in [5.74, 6) is 0.0114. The van der Waals surface area contributed by atoms with Crippen LogP contribution in [-0.4, -0.2) is 23.2 Å².